The minimum Gasteiger partial charge on any atom is -0.467 e. The Morgan fingerprint density at radius 1 is 1.47 bits per heavy atom. The predicted octanol–water partition coefficient (Wildman–Crippen LogP) is 1.24. The Bertz CT molecular complexity index is 493. The lowest BCUT2D eigenvalue weighted by molar-refractivity contribution is -0.145. The van der Waals surface area contributed by atoms with Crippen LogP contribution in [0.15, 0.2) is 22.7 Å². The molecule has 0 aliphatic carbocycles. The number of aliphatic hydroxyl groups is 1. The van der Waals surface area contributed by atoms with E-state index in [1.54, 1.807) is 0 Å². The van der Waals surface area contributed by atoms with Crippen LogP contribution in [0, 0.1) is 5.82 Å². The van der Waals surface area contributed by atoms with Crippen LogP contribution in [0.25, 0.3) is 0 Å². The van der Waals surface area contributed by atoms with E-state index in [0.717, 1.165) is 13.2 Å². The van der Waals surface area contributed by atoms with Crippen LogP contribution in [0.2, 0.25) is 0 Å². The number of carbonyl (C=O) groups is 2. The van der Waals surface area contributed by atoms with Crippen molar-refractivity contribution in [2.75, 3.05) is 7.11 Å². The number of esters is 1. The Kier molecular flexibility index (Phi) is 5.44. The highest BCUT2D eigenvalue weighted by molar-refractivity contribution is 9.10. The normalized spacial score (nSPS) is 13.5. The van der Waals surface area contributed by atoms with Crippen molar-refractivity contribution in [1.82, 2.24) is 5.32 Å². The quantitative estimate of drug-likeness (QED) is 0.813. The SMILES string of the molecule is COC(=O)[C@H](NC(=O)c1ccc(F)c(Br)c1)[C@@H](C)O. The summed E-state index contributed by atoms with van der Waals surface area (Å²) in [5, 5.41) is 11.7. The lowest BCUT2D eigenvalue weighted by Gasteiger charge is -2.18. The van der Waals surface area contributed by atoms with Gasteiger partial charge in [-0.25, -0.2) is 9.18 Å². The molecule has 0 saturated carbocycles. The maximum atomic E-state index is 13.0. The number of ether oxygens (including phenoxy) is 1. The van der Waals surface area contributed by atoms with Gasteiger partial charge in [-0.3, -0.25) is 4.79 Å². The molecular formula is C12H13BrFNO4. The Morgan fingerprint density at radius 3 is 2.58 bits per heavy atom. The second-order valence-electron chi connectivity index (χ2n) is 3.84. The summed E-state index contributed by atoms with van der Waals surface area (Å²) in [7, 11) is 1.15. The first kappa shape index (κ1) is 15.6. The van der Waals surface area contributed by atoms with E-state index in [0.29, 0.717) is 0 Å². The van der Waals surface area contributed by atoms with Crippen molar-refractivity contribution in [2.24, 2.45) is 0 Å². The number of rotatable bonds is 4. The highest BCUT2D eigenvalue weighted by Crippen LogP contribution is 2.17. The van der Waals surface area contributed by atoms with Crippen LogP contribution in [0.1, 0.15) is 17.3 Å². The molecule has 0 aliphatic rings. The highest BCUT2D eigenvalue weighted by Gasteiger charge is 2.26. The minimum atomic E-state index is -1.18. The van der Waals surface area contributed by atoms with Crippen molar-refractivity contribution in [3.05, 3.63) is 34.1 Å². The number of carbonyl (C=O) groups excluding carboxylic acids is 2. The maximum absolute atomic E-state index is 13.0. The smallest absolute Gasteiger partial charge is 0.331 e. The van der Waals surface area contributed by atoms with Gasteiger partial charge < -0.3 is 15.2 Å². The van der Waals surface area contributed by atoms with Crippen LogP contribution in [0.4, 0.5) is 4.39 Å². The summed E-state index contributed by atoms with van der Waals surface area (Å²) >= 11 is 2.96. The summed E-state index contributed by atoms with van der Waals surface area (Å²) in [4.78, 5) is 23.2. The fourth-order valence-corrected chi connectivity index (χ4v) is 1.74. The van der Waals surface area contributed by atoms with Crippen molar-refractivity contribution in [3.8, 4) is 0 Å². The number of aliphatic hydroxyl groups excluding tert-OH is 1. The minimum absolute atomic E-state index is 0.131. The van der Waals surface area contributed by atoms with Crippen molar-refractivity contribution in [2.45, 2.75) is 19.1 Å². The molecule has 1 aromatic carbocycles. The second kappa shape index (κ2) is 6.63. The zero-order chi connectivity index (χ0) is 14.6. The van der Waals surface area contributed by atoms with E-state index in [4.69, 9.17) is 0 Å². The van der Waals surface area contributed by atoms with Gasteiger partial charge in [0.15, 0.2) is 6.04 Å². The first-order valence-electron chi connectivity index (χ1n) is 5.38. The Morgan fingerprint density at radius 2 is 2.11 bits per heavy atom. The summed E-state index contributed by atoms with van der Waals surface area (Å²) in [6, 6.07) is 2.49. The number of benzene rings is 1. The van der Waals surface area contributed by atoms with E-state index in [1.807, 2.05) is 0 Å². The molecule has 0 saturated heterocycles. The molecule has 1 rings (SSSR count). The maximum Gasteiger partial charge on any atom is 0.331 e. The molecule has 0 unspecified atom stereocenters. The molecule has 0 aliphatic heterocycles. The number of nitrogens with one attached hydrogen (secondary N) is 1. The first-order chi connectivity index (χ1) is 8.86. The molecular weight excluding hydrogens is 321 g/mol. The first-order valence-corrected chi connectivity index (χ1v) is 6.18. The van der Waals surface area contributed by atoms with Gasteiger partial charge in [-0.2, -0.15) is 0 Å². The van der Waals surface area contributed by atoms with Crippen molar-refractivity contribution in [1.29, 1.82) is 0 Å². The summed E-state index contributed by atoms with van der Waals surface area (Å²) in [6.45, 7) is 1.35. The molecule has 1 aromatic rings. The van der Waals surface area contributed by atoms with Gasteiger partial charge in [-0.15, -0.1) is 0 Å². The van der Waals surface area contributed by atoms with Crippen LogP contribution in [0.3, 0.4) is 0 Å². The molecule has 0 radical (unpaired) electrons. The third-order valence-electron chi connectivity index (χ3n) is 2.41. The van der Waals surface area contributed by atoms with E-state index >= 15 is 0 Å². The van der Waals surface area contributed by atoms with Gasteiger partial charge in [0.2, 0.25) is 0 Å². The largest absolute Gasteiger partial charge is 0.467 e. The van der Waals surface area contributed by atoms with Crippen molar-refractivity contribution in [3.63, 3.8) is 0 Å². The van der Waals surface area contributed by atoms with Gasteiger partial charge in [-0.1, -0.05) is 0 Å². The van der Waals surface area contributed by atoms with Crippen molar-refractivity contribution >= 4 is 27.8 Å². The molecule has 1 amide bonds. The second-order valence-corrected chi connectivity index (χ2v) is 4.70. The Labute approximate surface area is 117 Å². The van der Waals surface area contributed by atoms with Crippen LogP contribution < -0.4 is 5.32 Å². The molecule has 0 heterocycles. The van der Waals surface area contributed by atoms with E-state index in [9.17, 15) is 19.1 Å². The van der Waals surface area contributed by atoms with Gasteiger partial charge in [0, 0.05) is 5.56 Å². The molecule has 0 aromatic heterocycles. The van der Waals surface area contributed by atoms with Gasteiger partial charge in [-0.05, 0) is 41.1 Å². The molecule has 0 spiro atoms. The zero-order valence-corrected chi connectivity index (χ0v) is 11.9. The molecule has 2 N–H and O–H groups in total. The number of hydrogen-bond acceptors (Lipinski definition) is 4. The fourth-order valence-electron chi connectivity index (χ4n) is 1.37. The summed E-state index contributed by atoms with van der Waals surface area (Å²) in [5.74, 6) is -1.88. The molecule has 0 fully saturated rings. The molecule has 104 valence electrons. The van der Waals surface area contributed by atoms with E-state index < -0.39 is 29.8 Å². The lowest BCUT2D eigenvalue weighted by Crippen LogP contribution is -2.48. The Hall–Kier alpha value is -1.47. The standard InChI is InChI=1S/C12H13BrFNO4/c1-6(16)10(12(18)19-2)15-11(17)7-3-4-9(14)8(13)5-7/h3-6,10,16H,1-2H3,(H,15,17)/t6-,10-/m1/s1. The van der Waals surface area contributed by atoms with Crippen LogP contribution >= 0.6 is 15.9 Å². The van der Waals surface area contributed by atoms with Gasteiger partial charge in [0.1, 0.15) is 5.82 Å². The lowest BCUT2D eigenvalue weighted by atomic mass is 10.1. The third kappa shape index (κ3) is 4.00. The zero-order valence-electron chi connectivity index (χ0n) is 10.3. The third-order valence-corrected chi connectivity index (χ3v) is 3.01. The molecule has 0 bridgehead atoms. The van der Waals surface area contributed by atoms with Gasteiger partial charge in [0.25, 0.3) is 5.91 Å². The van der Waals surface area contributed by atoms with Crippen LogP contribution in [-0.2, 0) is 9.53 Å². The average molecular weight is 334 g/mol. The monoisotopic (exact) mass is 333 g/mol. The molecule has 5 nitrogen and oxygen atoms in total. The van der Waals surface area contributed by atoms with E-state index in [2.05, 4.69) is 26.0 Å². The van der Waals surface area contributed by atoms with E-state index in [1.165, 1.54) is 19.1 Å². The predicted molar refractivity (Wildman–Crippen MR) is 69.1 cm³/mol. The molecule has 7 heteroatoms. The number of hydrogen-bond donors (Lipinski definition) is 2. The Balaban J connectivity index is 2.87. The van der Waals surface area contributed by atoms with Crippen LogP contribution in [-0.4, -0.2) is 36.2 Å². The number of methoxy groups -OCH3 is 1. The van der Waals surface area contributed by atoms with E-state index in [-0.39, 0.29) is 10.0 Å². The number of halogens is 2. The van der Waals surface area contributed by atoms with Gasteiger partial charge >= 0.3 is 5.97 Å². The van der Waals surface area contributed by atoms with Crippen LogP contribution in [0.5, 0.6) is 0 Å². The average Bonchev–Trinajstić information content (AvgIpc) is 2.37. The van der Waals surface area contributed by atoms with Crippen molar-refractivity contribution < 1.29 is 23.8 Å². The fraction of sp³-hybridized carbons (Fsp3) is 0.333. The topological polar surface area (TPSA) is 75.6 Å². The number of amides is 1. The highest BCUT2D eigenvalue weighted by atomic mass is 79.9. The summed E-state index contributed by atoms with van der Waals surface area (Å²) in [5.41, 5.74) is 0.155. The van der Waals surface area contributed by atoms with Gasteiger partial charge in [0.05, 0.1) is 17.7 Å². The summed E-state index contributed by atoms with van der Waals surface area (Å²) < 4.78 is 17.6. The molecule has 2 atom stereocenters. The summed E-state index contributed by atoms with van der Waals surface area (Å²) in [6.07, 6.45) is -1.11. The molecule has 19 heavy (non-hydrogen) atoms.